The summed E-state index contributed by atoms with van der Waals surface area (Å²) in [5, 5.41) is 18.7. The van der Waals surface area contributed by atoms with E-state index >= 15 is 0 Å². The average molecular weight is 232 g/mol. The van der Waals surface area contributed by atoms with Crippen LogP contribution < -0.4 is 0 Å². The molecular weight excluding hydrogens is 222 g/mol. The number of methoxy groups -OCH3 is 1. The van der Waals surface area contributed by atoms with Gasteiger partial charge in [-0.2, -0.15) is 0 Å². The van der Waals surface area contributed by atoms with Gasteiger partial charge < -0.3 is 14.9 Å². The van der Waals surface area contributed by atoms with Crippen molar-refractivity contribution in [2.24, 2.45) is 0 Å². The van der Waals surface area contributed by atoms with Crippen molar-refractivity contribution >= 4 is 5.97 Å². The predicted octanol–water partition coefficient (Wildman–Crippen LogP) is 0.532. The van der Waals surface area contributed by atoms with Crippen LogP contribution in [0.25, 0.3) is 0 Å². The highest BCUT2D eigenvalue weighted by molar-refractivity contribution is 5.75. The molecule has 2 atom stereocenters. The SMILES string of the molecule is COC(=O)C(O)C(O)c1c(F)cccc1F. The molecule has 2 unspecified atom stereocenters. The highest BCUT2D eigenvalue weighted by Crippen LogP contribution is 2.23. The van der Waals surface area contributed by atoms with Gasteiger partial charge in [0.15, 0.2) is 6.10 Å². The lowest BCUT2D eigenvalue weighted by Crippen LogP contribution is -2.30. The Morgan fingerprint density at radius 3 is 2.25 bits per heavy atom. The summed E-state index contributed by atoms with van der Waals surface area (Å²) in [5.41, 5.74) is -0.764. The summed E-state index contributed by atoms with van der Waals surface area (Å²) in [6.45, 7) is 0. The smallest absolute Gasteiger partial charge is 0.337 e. The first-order chi connectivity index (χ1) is 7.49. The number of ether oxygens (including phenoxy) is 1. The molecule has 0 saturated carbocycles. The van der Waals surface area contributed by atoms with Gasteiger partial charge in [0, 0.05) is 0 Å². The van der Waals surface area contributed by atoms with E-state index in [1.165, 1.54) is 0 Å². The number of aliphatic hydroxyl groups is 2. The van der Waals surface area contributed by atoms with Crippen molar-refractivity contribution in [2.45, 2.75) is 12.2 Å². The van der Waals surface area contributed by atoms with Gasteiger partial charge in [0.25, 0.3) is 0 Å². The van der Waals surface area contributed by atoms with E-state index in [4.69, 9.17) is 0 Å². The van der Waals surface area contributed by atoms with Crippen LogP contribution in [0, 0.1) is 11.6 Å². The minimum Gasteiger partial charge on any atom is -0.467 e. The Morgan fingerprint density at radius 2 is 1.81 bits per heavy atom. The molecule has 0 aliphatic heterocycles. The van der Waals surface area contributed by atoms with Crippen LogP contribution in [0.2, 0.25) is 0 Å². The van der Waals surface area contributed by atoms with Gasteiger partial charge in [0.2, 0.25) is 0 Å². The Hall–Kier alpha value is -1.53. The molecule has 0 saturated heterocycles. The second-order valence-electron chi connectivity index (χ2n) is 3.05. The molecule has 88 valence electrons. The second kappa shape index (κ2) is 5.00. The van der Waals surface area contributed by atoms with Crippen LogP contribution in [0.3, 0.4) is 0 Å². The van der Waals surface area contributed by atoms with Gasteiger partial charge >= 0.3 is 5.97 Å². The third kappa shape index (κ3) is 2.34. The van der Waals surface area contributed by atoms with Gasteiger partial charge in [0.05, 0.1) is 12.7 Å². The molecule has 0 aliphatic carbocycles. The zero-order valence-electron chi connectivity index (χ0n) is 8.35. The Labute approximate surface area is 90.1 Å². The molecular formula is C10H10F2O4. The van der Waals surface area contributed by atoms with Crippen molar-refractivity contribution < 1.29 is 28.5 Å². The fourth-order valence-corrected chi connectivity index (χ4v) is 1.20. The van der Waals surface area contributed by atoms with Crippen LogP contribution in [0.1, 0.15) is 11.7 Å². The van der Waals surface area contributed by atoms with E-state index in [1.807, 2.05) is 0 Å². The van der Waals surface area contributed by atoms with E-state index in [1.54, 1.807) is 0 Å². The molecule has 0 aliphatic rings. The summed E-state index contributed by atoms with van der Waals surface area (Å²) < 4.78 is 30.5. The molecule has 0 radical (unpaired) electrons. The van der Waals surface area contributed by atoms with Crippen molar-refractivity contribution in [3.05, 3.63) is 35.4 Å². The van der Waals surface area contributed by atoms with E-state index in [9.17, 15) is 23.8 Å². The van der Waals surface area contributed by atoms with Gasteiger partial charge in [-0.1, -0.05) is 6.07 Å². The highest BCUT2D eigenvalue weighted by atomic mass is 19.1. The minimum absolute atomic E-state index is 0.764. The second-order valence-corrected chi connectivity index (χ2v) is 3.05. The molecule has 2 N–H and O–H groups in total. The first-order valence-electron chi connectivity index (χ1n) is 4.37. The lowest BCUT2D eigenvalue weighted by molar-refractivity contribution is -0.157. The number of carbonyl (C=O) groups is 1. The summed E-state index contributed by atoms with van der Waals surface area (Å²) in [5.74, 6) is -3.26. The molecule has 16 heavy (non-hydrogen) atoms. The topological polar surface area (TPSA) is 66.8 Å². The number of esters is 1. The van der Waals surface area contributed by atoms with Crippen LogP contribution in [-0.2, 0) is 9.53 Å². The number of benzene rings is 1. The molecule has 0 amide bonds. The Balaban J connectivity index is 3.04. The van der Waals surface area contributed by atoms with Gasteiger partial charge in [-0.05, 0) is 12.1 Å². The van der Waals surface area contributed by atoms with Crippen LogP contribution in [-0.4, -0.2) is 29.4 Å². The molecule has 1 aromatic carbocycles. The maximum Gasteiger partial charge on any atom is 0.337 e. The van der Waals surface area contributed by atoms with Crippen molar-refractivity contribution in [3.8, 4) is 0 Å². The Kier molecular flexibility index (Phi) is 3.92. The maximum absolute atomic E-state index is 13.2. The number of hydrogen-bond acceptors (Lipinski definition) is 4. The van der Waals surface area contributed by atoms with Crippen molar-refractivity contribution in [2.75, 3.05) is 7.11 Å². The standard InChI is InChI=1S/C10H10F2O4/c1-16-10(15)9(14)8(13)7-5(11)3-2-4-6(7)12/h2-4,8-9,13-14H,1H3. The van der Waals surface area contributed by atoms with E-state index in [2.05, 4.69) is 4.74 Å². The molecule has 0 spiro atoms. The summed E-state index contributed by atoms with van der Waals surface area (Å²) in [6.07, 6.45) is -4.04. The third-order valence-corrected chi connectivity index (χ3v) is 2.04. The van der Waals surface area contributed by atoms with Crippen LogP contribution in [0.15, 0.2) is 18.2 Å². The number of hydrogen-bond donors (Lipinski definition) is 2. The van der Waals surface area contributed by atoms with Crippen molar-refractivity contribution in [1.82, 2.24) is 0 Å². The zero-order valence-corrected chi connectivity index (χ0v) is 8.35. The summed E-state index contributed by atoms with van der Waals surface area (Å²) >= 11 is 0. The summed E-state index contributed by atoms with van der Waals surface area (Å²) in [4.78, 5) is 10.9. The van der Waals surface area contributed by atoms with Gasteiger partial charge in [-0.25, -0.2) is 13.6 Å². The first kappa shape index (κ1) is 12.5. The summed E-state index contributed by atoms with van der Waals surface area (Å²) in [7, 11) is 0.982. The van der Waals surface area contributed by atoms with Crippen LogP contribution in [0.4, 0.5) is 8.78 Å². The lowest BCUT2D eigenvalue weighted by atomic mass is 10.0. The number of halogens is 2. The summed E-state index contributed by atoms with van der Waals surface area (Å²) in [6, 6.07) is 2.92. The van der Waals surface area contributed by atoms with E-state index in [0.717, 1.165) is 25.3 Å². The van der Waals surface area contributed by atoms with Crippen LogP contribution in [0.5, 0.6) is 0 Å². The molecule has 6 heteroatoms. The largest absolute Gasteiger partial charge is 0.467 e. The molecule has 4 nitrogen and oxygen atoms in total. The normalized spacial score (nSPS) is 14.3. The highest BCUT2D eigenvalue weighted by Gasteiger charge is 2.30. The fraction of sp³-hybridized carbons (Fsp3) is 0.300. The van der Waals surface area contributed by atoms with Crippen molar-refractivity contribution in [3.63, 3.8) is 0 Å². The fourth-order valence-electron chi connectivity index (χ4n) is 1.20. The molecule has 1 rings (SSSR count). The van der Waals surface area contributed by atoms with Gasteiger partial charge in [-0.15, -0.1) is 0 Å². The molecule has 0 fully saturated rings. The van der Waals surface area contributed by atoms with Gasteiger partial charge in [0.1, 0.15) is 17.7 Å². The first-order valence-corrected chi connectivity index (χ1v) is 4.37. The number of rotatable bonds is 3. The quantitative estimate of drug-likeness (QED) is 0.746. The Bertz CT molecular complexity index is 374. The van der Waals surface area contributed by atoms with E-state index in [-0.39, 0.29) is 0 Å². The predicted molar refractivity (Wildman–Crippen MR) is 49.3 cm³/mol. The molecule has 0 aromatic heterocycles. The third-order valence-electron chi connectivity index (χ3n) is 2.04. The molecule has 0 heterocycles. The zero-order chi connectivity index (χ0) is 12.3. The average Bonchev–Trinajstić information content (AvgIpc) is 2.26. The Morgan fingerprint density at radius 1 is 1.31 bits per heavy atom. The lowest BCUT2D eigenvalue weighted by Gasteiger charge is -2.16. The number of carbonyl (C=O) groups excluding carboxylic acids is 1. The van der Waals surface area contributed by atoms with Gasteiger partial charge in [-0.3, -0.25) is 0 Å². The monoisotopic (exact) mass is 232 g/mol. The number of aliphatic hydroxyl groups excluding tert-OH is 2. The van der Waals surface area contributed by atoms with Crippen molar-refractivity contribution in [1.29, 1.82) is 0 Å². The minimum atomic E-state index is -2.03. The maximum atomic E-state index is 13.2. The molecule has 1 aromatic rings. The van der Waals surface area contributed by atoms with E-state index in [0.29, 0.717) is 0 Å². The van der Waals surface area contributed by atoms with E-state index < -0.39 is 35.4 Å². The molecule has 0 bridgehead atoms. The van der Waals surface area contributed by atoms with Crippen LogP contribution >= 0.6 is 0 Å².